The molecule has 0 aromatic heterocycles. The van der Waals surface area contributed by atoms with Crippen molar-refractivity contribution in [2.75, 3.05) is 24.5 Å². The van der Waals surface area contributed by atoms with E-state index in [1.54, 1.807) is 12.1 Å². The Morgan fingerprint density at radius 2 is 2.10 bits per heavy atom. The van der Waals surface area contributed by atoms with Crippen LogP contribution in [0, 0.1) is 5.82 Å². The standard InChI is InChI=1S/C17H26FN3/c1-12-10-20-9-4-3-6-14(20)11-21(12)17-15(13(2)19)7-5-8-16(17)18/h5,7-8,12-14H,3-4,6,9-11,19H2,1-2H3/t12?,13-,14?/m1/s1. The first kappa shape index (κ1) is 14.8. The quantitative estimate of drug-likeness (QED) is 0.909. The molecule has 0 aliphatic carbocycles. The van der Waals surface area contributed by atoms with E-state index in [9.17, 15) is 4.39 Å². The van der Waals surface area contributed by atoms with Crippen molar-refractivity contribution in [1.29, 1.82) is 0 Å². The van der Waals surface area contributed by atoms with Crippen LogP contribution in [0.1, 0.15) is 44.7 Å². The van der Waals surface area contributed by atoms with Gasteiger partial charge < -0.3 is 10.6 Å². The third kappa shape index (κ3) is 2.79. The van der Waals surface area contributed by atoms with Crippen LogP contribution < -0.4 is 10.6 Å². The van der Waals surface area contributed by atoms with Crippen molar-refractivity contribution in [2.24, 2.45) is 5.73 Å². The summed E-state index contributed by atoms with van der Waals surface area (Å²) in [6.07, 6.45) is 3.82. The summed E-state index contributed by atoms with van der Waals surface area (Å²) < 4.78 is 14.5. The lowest BCUT2D eigenvalue weighted by Gasteiger charge is -2.49. The first-order valence-electron chi connectivity index (χ1n) is 8.12. The lowest BCUT2D eigenvalue weighted by Crippen LogP contribution is -2.59. The smallest absolute Gasteiger partial charge is 0.146 e. The van der Waals surface area contributed by atoms with Crippen LogP contribution in [0.15, 0.2) is 18.2 Å². The molecule has 0 radical (unpaired) electrons. The maximum Gasteiger partial charge on any atom is 0.146 e. The predicted octanol–water partition coefficient (Wildman–Crippen LogP) is 2.91. The maximum atomic E-state index is 14.5. The number of halogens is 1. The fourth-order valence-electron chi connectivity index (χ4n) is 3.87. The highest BCUT2D eigenvalue weighted by Crippen LogP contribution is 2.34. The second-order valence-electron chi connectivity index (χ2n) is 6.61. The van der Waals surface area contributed by atoms with E-state index in [-0.39, 0.29) is 11.9 Å². The van der Waals surface area contributed by atoms with E-state index in [2.05, 4.69) is 16.7 Å². The van der Waals surface area contributed by atoms with E-state index in [0.29, 0.717) is 12.1 Å². The van der Waals surface area contributed by atoms with Crippen LogP contribution in [0.4, 0.5) is 10.1 Å². The van der Waals surface area contributed by atoms with E-state index in [4.69, 9.17) is 5.73 Å². The average molecular weight is 291 g/mol. The van der Waals surface area contributed by atoms with Gasteiger partial charge in [0.15, 0.2) is 0 Å². The largest absolute Gasteiger partial charge is 0.363 e. The topological polar surface area (TPSA) is 32.5 Å². The van der Waals surface area contributed by atoms with Crippen LogP contribution in [0.25, 0.3) is 0 Å². The monoisotopic (exact) mass is 291 g/mol. The molecule has 3 atom stereocenters. The van der Waals surface area contributed by atoms with Crippen LogP contribution in [-0.2, 0) is 0 Å². The highest BCUT2D eigenvalue weighted by Gasteiger charge is 2.35. The molecule has 2 fully saturated rings. The Kier molecular flexibility index (Phi) is 4.18. The third-order valence-corrected chi connectivity index (χ3v) is 4.98. The number of hydrogen-bond donors (Lipinski definition) is 1. The van der Waals surface area contributed by atoms with Gasteiger partial charge >= 0.3 is 0 Å². The Bertz CT molecular complexity index is 503. The van der Waals surface area contributed by atoms with E-state index in [0.717, 1.165) is 24.3 Å². The Hall–Kier alpha value is -1.13. The molecule has 4 heteroatoms. The van der Waals surface area contributed by atoms with Crippen molar-refractivity contribution >= 4 is 5.69 Å². The Labute approximate surface area is 126 Å². The summed E-state index contributed by atoms with van der Waals surface area (Å²) in [6.45, 7) is 7.27. The van der Waals surface area contributed by atoms with Gasteiger partial charge in [-0.1, -0.05) is 18.6 Å². The van der Waals surface area contributed by atoms with Gasteiger partial charge in [0.25, 0.3) is 0 Å². The summed E-state index contributed by atoms with van der Waals surface area (Å²) in [5, 5.41) is 0. The summed E-state index contributed by atoms with van der Waals surface area (Å²) in [6, 6.07) is 6.03. The highest BCUT2D eigenvalue weighted by atomic mass is 19.1. The molecule has 2 aliphatic heterocycles. The number of nitrogens with zero attached hydrogens (tertiary/aromatic N) is 2. The predicted molar refractivity (Wildman–Crippen MR) is 85.0 cm³/mol. The molecule has 2 heterocycles. The minimum atomic E-state index is -0.146. The number of rotatable bonds is 2. The number of benzene rings is 1. The van der Waals surface area contributed by atoms with Crippen molar-refractivity contribution in [3.05, 3.63) is 29.6 Å². The van der Waals surface area contributed by atoms with Gasteiger partial charge in [0.1, 0.15) is 5.82 Å². The van der Waals surface area contributed by atoms with Crippen molar-refractivity contribution in [1.82, 2.24) is 4.90 Å². The normalized spacial score (nSPS) is 28.3. The first-order valence-corrected chi connectivity index (χ1v) is 8.12. The third-order valence-electron chi connectivity index (χ3n) is 4.98. The Balaban J connectivity index is 1.92. The zero-order valence-corrected chi connectivity index (χ0v) is 13.1. The number of fused-ring (bicyclic) bond motifs is 1. The van der Waals surface area contributed by atoms with Crippen molar-refractivity contribution < 1.29 is 4.39 Å². The molecule has 2 aliphatic rings. The summed E-state index contributed by atoms with van der Waals surface area (Å²) >= 11 is 0. The molecule has 0 saturated carbocycles. The number of para-hydroxylation sites is 1. The molecule has 1 aromatic rings. The van der Waals surface area contributed by atoms with Gasteiger partial charge in [-0.05, 0) is 44.9 Å². The number of nitrogens with two attached hydrogens (primary N) is 1. The molecule has 1 aromatic carbocycles. The molecule has 2 N–H and O–H groups in total. The zero-order valence-electron chi connectivity index (χ0n) is 13.1. The van der Waals surface area contributed by atoms with Crippen molar-refractivity contribution in [2.45, 2.75) is 51.2 Å². The van der Waals surface area contributed by atoms with Crippen LogP contribution in [0.5, 0.6) is 0 Å². The maximum absolute atomic E-state index is 14.5. The van der Waals surface area contributed by atoms with Crippen LogP contribution >= 0.6 is 0 Å². The Morgan fingerprint density at radius 1 is 1.29 bits per heavy atom. The van der Waals surface area contributed by atoms with Gasteiger partial charge in [-0.15, -0.1) is 0 Å². The molecule has 0 spiro atoms. The number of anilines is 1. The summed E-state index contributed by atoms with van der Waals surface area (Å²) in [5.74, 6) is -0.138. The van der Waals surface area contributed by atoms with Gasteiger partial charge in [0.05, 0.1) is 5.69 Å². The molecular formula is C17H26FN3. The molecule has 0 bridgehead atoms. The summed E-state index contributed by atoms with van der Waals surface area (Å²) in [5.41, 5.74) is 7.71. The molecule has 2 unspecified atom stereocenters. The average Bonchev–Trinajstić information content (AvgIpc) is 2.46. The van der Waals surface area contributed by atoms with Crippen molar-refractivity contribution in [3.8, 4) is 0 Å². The Morgan fingerprint density at radius 3 is 2.86 bits per heavy atom. The van der Waals surface area contributed by atoms with Crippen LogP contribution in [0.2, 0.25) is 0 Å². The summed E-state index contributed by atoms with van der Waals surface area (Å²) in [7, 11) is 0. The van der Waals surface area contributed by atoms with E-state index < -0.39 is 0 Å². The SMILES string of the molecule is CC1CN2CCCCC2CN1c1c(F)cccc1[C@@H](C)N. The molecule has 3 nitrogen and oxygen atoms in total. The van der Waals surface area contributed by atoms with Gasteiger partial charge in [0.2, 0.25) is 0 Å². The van der Waals surface area contributed by atoms with Gasteiger partial charge in [-0.2, -0.15) is 0 Å². The molecular weight excluding hydrogens is 265 g/mol. The number of piperazine rings is 1. The number of piperidine rings is 1. The fourth-order valence-corrected chi connectivity index (χ4v) is 3.87. The van der Waals surface area contributed by atoms with E-state index >= 15 is 0 Å². The zero-order chi connectivity index (χ0) is 15.0. The second kappa shape index (κ2) is 5.93. The minimum absolute atomic E-state index is 0.138. The summed E-state index contributed by atoms with van der Waals surface area (Å²) in [4.78, 5) is 4.83. The first-order chi connectivity index (χ1) is 10.1. The highest BCUT2D eigenvalue weighted by molar-refractivity contribution is 5.57. The molecule has 116 valence electrons. The molecule has 3 rings (SSSR count). The van der Waals surface area contributed by atoms with Gasteiger partial charge in [0, 0.05) is 31.2 Å². The van der Waals surface area contributed by atoms with Crippen molar-refractivity contribution in [3.63, 3.8) is 0 Å². The van der Waals surface area contributed by atoms with E-state index in [1.807, 2.05) is 13.0 Å². The number of hydrogen-bond acceptors (Lipinski definition) is 3. The van der Waals surface area contributed by atoms with Crippen LogP contribution in [0.3, 0.4) is 0 Å². The lowest BCUT2D eigenvalue weighted by atomic mass is 9.95. The lowest BCUT2D eigenvalue weighted by molar-refractivity contribution is 0.115. The van der Waals surface area contributed by atoms with E-state index in [1.165, 1.54) is 25.8 Å². The molecule has 2 saturated heterocycles. The van der Waals surface area contributed by atoms with Gasteiger partial charge in [-0.25, -0.2) is 4.39 Å². The van der Waals surface area contributed by atoms with Gasteiger partial charge in [-0.3, -0.25) is 4.90 Å². The fraction of sp³-hybridized carbons (Fsp3) is 0.647. The molecule has 0 amide bonds. The minimum Gasteiger partial charge on any atom is -0.363 e. The molecule has 21 heavy (non-hydrogen) atoms. The van der Waals surface area contributed by atoms with Crippen LogP contribution in [-0.4, -0.2) is 36.6 Å². The second-order valence-corrected chi connectivity index (χ2v) is 6.61.